The molecule has 8 heteroatoms. The minimum Gasteiger partial charge on any atom is -0.349 e. The van der Waals surface area contributed by atoms with Gasteiger partial charge in [-0.05, 0) is 54.8 Å². The Morgan fingerprint density at radius 3 is 2.19 bits per heavy atom. The molecular weight excluding hydrogens is 366 g/mol. The van der Waals surface area contributed by atoms with E-state index in [1.165, 1.54) is 31.2 Å². The maximum Gasteiger partial charge on any atom is 0.251 e. The number of hydrogen-bond acceptors (Lipinski definition) is 4. The molecular formula is C19H21N3O4S. The third-order valence-corrected chi connectivity index (χ3v) is 5.50. The second-order valence-electron chi connectivity index (χ2n) is 6.47. The Balaban J connectivity index is 1.59. The van der Waals surface area contributed by atoms with Gasteiger partial charge in [-0.25, -0.2) is 13.1 Å². The van der Waals surface area contributed by atoms with Crippen LogP contribution in [0, 0.1) is 0 Å². The molecule has 1 aliphatic carbocycles. The van der Waals surface area contributed by atoms with Gasteiger partial charge in [0.1, 0.15) is 0 Å². The quantitative estimate of drug-likeness (QED) is 0.676. The fraction of sp³-hybridized carbons (Fsp3) is 0.263. The Labute approximate surface area is 158 Å². The van der Waals surface area contributed by atoms with Gasteiger partial charge in [-0.1, -0.05) is 12.1 Å². The van der Waals surface area contributed by atoms with E-state index in [4.69, 9.17) is 0 Å². The second kappa shape index (κ2) is 7.89. The van der Waals surface area contributed by atoms with E-state index in [9.17, 15) is 18.0 Å². The van der Waals surface area contributed by atoms with Gasteiger partial charge < -0.3 is 10.6 Å². The van der Waals surface area contributed by atoms with E-state index >= 15 is 0 Å². The lowest BCUT2D eigenvalue weighted by atomic mass is 10.1. The number of carbonyl (C=O) groups excluding carboxylic acids is 2. The van der Waals surface area contributed by atoms with Gasteiger partial charge in [0.05, 0.1) is 4.90 Å². The number of carbonyl (C=O) groups is 2. The van der Waals surface area contributed by atoms with Crippen LogP contribution in [-0.4, -0.2) is 26.3 Å². The van der Waals surface area contributed by atoms with E-state index in [0.717, 1.165) is 18.4 Å². The molecule has 142 valence electrons. The average Bonchev–Trinajstić information content (AvgIpc) is 3.44. The molecule has 3 N–H and O–H groups in total. The Bertz CT molecular complexity index is 934. The lowest BCUT2D eigenvalue weighted by molar-refractivity contribution is -0.114. The molecule has 27 heavy (non-hydrogen) atoms. The van der Waals surface area contributed by atoms with Crippen molar-refractivity contribution in [2.24, 2.45) is 0 Å². The number of amides is 2. The van der Waals surface area contributed by atoms with Crippen LogP contribution in [0.1, 0.15) is 35.7 Å². The first-order valence-electron chi connectivity index (χ1n) is 8.60. The summed E-state index contributed by atoms with van der Waals surface area (Å²) in [5.74, 6) is -0.332. The average molecular weight is 387 g/mol. The van der Waals surface area contributed by atoms with Gasteiger partial charge >= 0.3 is 0 Å². The van der Waals surface area contributed by atoms with Crippen LogP contribution in [0.3, 0.4) is 0 Å². The zero-order chi connectivity index (χ0) is 19.4. The first kappa shape index (κ1) is 19.1. The van der Waals surface area contributed by atoms with E-state index < -0.39 is 10.0 Å². The predicted molar refractivity (Wildman–Crippen MR) is 102 cm³/mol. The zero-order valence-corrected chi connectivity index (χ0v) is 15.7. The summed E-state index contributed by atoms with van der Waals surface area (Å²) in [4.78, 5) is 23.1. The fourth-order valence-electron chi connectivity index (χ4n) is 2.45. The molecule has 0 saturated heterocycles. The number of rotatable bonds is 7. The second-order valence-corrected chi connectivity index (χ2v) is 8.24. The largest absolute Gasteiger partial charge is 0.349 e. The molecule has 2 aromatic carbocycles. The standard InChI is InChI=1S/C19H21N3O4S/c1-13(23)21-16-8-10-18(11-9-16)27(25,26)20-12-14-2-4-15(5-3-14)19(24)22-17-6-7-17/h2-5,8-11,17,20H,6-7,12H2,1H3,(H,21,23)(H,22,24). The minimum atomic E-state index is -3.68. The van der Waals surface area contributed by atoms with E-state index in [1.807, 2.05) is 0 Å². The van der Waals surface area contributed by atoms with Crippen LogP contribution in [0.5, 0.6) is 0 Å². The third kappa shape index (κ3) is 5.38. The molecule has 3 rings (SSSR count). The lowest BCUT2D eigenvalue weighted by Gasteiger charge is -2.09. The summed E-state index contributed by atoms with van der Waals surface area (Å²) in [5, 5.41) is 5.49. The minimum absolute atomic E-state index is 0.108. The number of hydrogen-bond donors (Lipinski definition) is 3. The van der Waals surface area contributed by atoms with E-state index in [0.29, 0.717) is 17.3 Å². The van der Waals surface area contributed by atoms with Crippen LogP contribution in [0.4, 0.5) is 5.69 Å². The van der Waals surface area contributed by atoms with Gasteiger partial charge in [-0.3, -0.25) is 9.59 Å². The summed E-state index contributed by atoms with van der Waals surface area (Å²) in [6.45, 7) is 1.49. The van der Waals surface area contributed by atoms with E-state index in [1.54, 1.807) is 24.3 Å². The molecule has 0 aliphatic heterocycles. The smallest absolute Gasteiger partial charge is 0.251 e. The van der Waals surface area contributed by atoms with Crippen molar-refractivity contribution in [2.45, 2.75) is 37.2 Å². The number of sulfonamides is 1. The Hall–Kier alpha value is -2.71. The van der Waals surface area contributed by atoms with Crippen molar-refractivity contribution < 1.29 is 18.0 Å². The van der Waals surface area contributed by atoms with Crippen LogP contribution in [0.15, 0.2) is 53.4 Å². The molecule has 7 nitrogen and oxygen atoms in total. The van der Waals surface area contributed by atoms with Crippen LogP contribution in [0.25, 0.3) is 0 Å². The molecule has 0 spiro atoms. The van der Waals surface area contributed by atoms with Crippen LogP contribution >= 0.6 is 0 Å². The van der Waals surface area contributed by atoms with Gasteiger partial charge in [0.15, 0.2) is 0 Å². The van der Waals surface area contributed by atoms with Crippen molar-refractivity contribution in [2.75, 3.05) is 5.32 Å². The SMILES string of the molecule is CC(=O)Nc1ccc(S(=O)(=O)NCc2ccc(C(=O)NC3CC3)cc2)cc1. The molecule has 2 amide bonds. The van der Waals surface area contributed by atoms with Gasteiger partial charge in [-0.15, -0.1) is 0 Å². The number of nitrogens with one attached hydrogen (secondary N) is 3. The van der Waals surface area contributed by atoms with Gasteiger partial charge in [0.2, 0.25) is 15.9 Å². The Morgan fingerprint density at radius 2 is 1.63 bits per heavy atom. The highest BCUT2D eigenvalue weighted by Gasteiger charge is 2.23. The molecule has 0 heterocycles. The first-order chi connectivity index (χ1) is 12.8. The summed E-state index contributed by atoms with van der Waals surface area (Å²) in [6, 6.07) is 13.0. The van der Waals surface area contributed by atoms with Crippen molar-refractivity contribution in [1.29, 1.82) is 0 Å². The molecule has 0 aromatic heterocycles. The third-order valence-electron chi connectivity index (χ3n) is 4.08. The molecule has 0 unspecified atom stereocenters. The normalized spacial score (nSPS) is 13.8. The molecule has 2 aromatic rings. The van der Waals surface area contributed by atoms with Gasteiger partial charge in [0.25, 0.3) is 5.91 Å². The summed E-state index contributed by atoms with van der Waals surface area (Å²) >= 11 is 0. The van der Waals surface area contributed by atoms with Crippen LogP contribution in [-0.2, 0) is 21.4 Å². The Morgan fingerprint density at radius 1 is 1.00 bits per heavy atom. The van der Waals surface area contributed by atoms with Crippen molar-refractivity contribution in [3.8, 4) is 0 Å². The highest BCUT2D eigenvalue weighted by molar-refractivity contribution is 7.89. The number of anilines is 1. The zero-order valence-electron chi connectivity index (χ0n) is 14.9. The van der Waals surface area contributed by atoms with Crippen LogP contribution < -0.4 is 15.4 Å². The summed E-state index contributed by atoms with van der Waals surface area (Å²) in [7, 11) is -3.68. The maximum absolute atomic E-state index is 12.4. The van der Waals surface area contributed by atoms with Crippen LogP contribution in [0.2, 0.25) is 0 Å². The maximum atomic E-state index is 12.4. The first-order valence-corrected chi connectivity index (χ1v) is 10.1. The van der Waals surface area contributed by atoms with Crippen molar-refractivity contribution in [1.82, 2.24) is 10.0 Å². The van der Waals surface area contributed by atoms with E-state index in [-0.39, 0.29) is 23.3 Å². The highest BCUT2D eigenvalue weighted by atomic mass is 32.2. The molecule has 0 bridgehead atoms. The van der Waals surface area contributed by atoms with Crippen molar-refractivity contribution in [3.05, 3.63) is 59.7 Å². The van der Waals surface area contributed by atoms with E-state index in [2.05, 4.69) is 15.4 Å². The molecule has 1 saturated carbocycles. The van der Waals surface area contributed by atoms with Crippen molar-refractivity contribution in [3.63, 3.8) is 0 Å². The predicted octanol–water partition coefficient (Wildman–Crippen LogP) is 2.02. The molecule has 0 atom stereocenters. The summed E-state index contributed by atoms with van der Waals surface area (Å²) in [6.07, 6.45) is 2.05. The van der Waals surface area contributed by atoms with Crippen molar-refractivity contribution >= 4 is 27.5 Å². The summed E-state index contributed by atoms with van der Waals surface area (Å²) < 4.78 is 27.3. The summed E-state index contributed by atoms with van der Waals surface area (Å²) in [5.41, 5.74) is 1.83. The van der Waals surface area contributed by atoms with Gasteiger partial charge in [-0.2, -0.15) is 0 Å². The molecule has 1 fully saturated rings. The fourth-order valence-corrected chi connectivity index (χ4v) is 3.47. The topological polar surface area (TPSA) is 104 Å². The van der Waals surface area contributed by atoms with Gasteiger partial charge in [0, 0.05) is 30.8 Å². The lowest BCUT2D eigenvalue weighted by Crippen LogP contribution is -2.25. The molecule has 0 radical (unpaired) electrons. The molecule has 1 aliphatic rings. The highest BCUT2D eigenvalue weighted by Crippen LogP contribution is 2.19. The number of benzene rings is 2. The Kier molecular flexibility index (Phi) is 5.57. The monoisotopic (exact) mass is 387 g/mol.